The van der Waals surface area contributed by atoms with E-state index in [4.69, 9.17) is 11.6 Å². The number of rotatable bonds is 2. The van der Waals surface area contributed by atoms with Crippen LogP contribution >= 0.6 is 11.6 Å². The number of aryl methyl sites for hydroxylation is 1. The van der Waals surface area contributed by atoms with E-state index in [1.54, 1.807) is 23.2 Å². The number of nitrogens with zero attached hydrogens (tertiary/aromatic N) is 3. The molecule has 1 aromatic heterocycles. The second-order valence-electron chi connectivity index (χ2n) is 7.13. The number of anilines is 2. The number of carbonyl (C=O) groups is 1. The van der Waals surface area contributed by atoms with Crippen LogP contribution < -0.4 is 15.1 Å². The van der Waals surface area contributed by atoms with E-state index in [0.717, 1.165) is 42.6 Å². The number of amides is 2. The molecule has 0 unspecified atom stereocenters. The molecule has 5 nitrogen and oxygen atoms in total. The standard InChI is InChI=1S/C20H22ClFN4O/c1-13-5-4-7-16(22)19(13)25-12-14-10-24-18(21)9-17(14)26(20(25)27)15-6-2-3-8-23-11-15/h4-5,7,9-10,15,23H,2-3,6,8,11-12H2,1H3/t15-/m0/s1. The van der Waals surface area contributed by atoms with Gasteiger partial charge in [-0.2, -0.15) is 0 Å². The molecule has 2 aromatic rings. The molecule has 27 heavy (non-hydrogen) atoms. The molecular weight excluding hydrogens is 367 g/mol. The summed E-state index contributed by atoms with van der Waals surface area (Å²) in [6, 6.07) is 6.39. The van der Waals surface area contributed by atoms with Crippen molar-refractivity contribution in [2.24, 2.45) is 0 Å². The number of pyridine rings is 1. The summed E-state index contributed by atoms with van der Waals surface area (Å²) in [5.74, 6) is -0.396. The van der Waals surface area contributed by atoms with Crippen molar-refractivity contribution in [2.45, 2.75) is 38.8 Å². The molecular formula is C20H22ClFN4O. The zero-order chi connectivity index (χ0) is 19.0. The third-order valence-corrected chi connectivity index (χ3v) is 5.50. The second kappa shape index (κ2) is 7.44. The van der Waals surface area contributed by atoms with Crippen LogP contribution in [0.2, 0.25) is 5.15 Å². The maximum absolute atomic E-state index is 14.6. The molecule has 2 amide bonds. The number of hydrogen-bond donors (Lipinski definition) is 1. The highest BCUT2D eigenvalue weighted by Crippen LogP contribution is 2.37. The number of aromatic nitrogens is 1. The first-order valence-corrected chi connectivity index (χ1v) is 9.65. The molecule has 0 saturated carbocycles. The van der Waals surface area contributed by atoms with Crippen LogP contribution in [0.25, 0.3) is 0 Å². The van der Waals surface area contributed by atoms with Gasteiger partial charge in [-0.1, -0.05) is 30.2 Å². The van der Waals surface area contributed by atoms with Gasteiger partial charge in [0.2, 0.25) is 0 Å². The van der Waals surface area contributed by atoms with Crippen LogP contribution in [0.15, 0.2) is 30.5 Å². The van der Waals surface area contributed by atoms with Gasteiger partial charge < -0.3 is 5.32 Å². The van der Waals surface area contributed by atoms with Crippen LogP contribution in [-0.2, 0) is 6.54 Å². The molecule has 0 bridgehead atoms. The summed E-state index contributed by atoms with van der Waals surface area (Å²) >= 11 is 6.13. The van der Waals surface area contributed by atoms with Crippen molar-refractivity contribution in [1.82, 2.24) is 10.3 Å². The Morgan fingerprint density at radius 1 is 1.33 bits per heavy atom. The first kappa shape index (κ1) is 18.2. The fraction of sp³-hybridized carbons (Fsp3) is 0.400. The van der Waals surface area contributed by atoms with Gasteiger partial charge in [-0.3, -0.25) is 9.80 Å². The molecule has 2 aliphatic rings. The van der Waals surface area contributed by atoms with Crippen molar-refractivity contribution < 1.29 is 9.18 Å². The molecule has 0 spiro atoms. The van der Waals surface area contributed by atoms with Gasteiger partial charge in [-0.15, -0.1) is 0 Å². The van der Waals surface area contributed by atoms with Crippen molar-refractivity contribution in [3.05, 3.63) is 52.6 Å². The molecule has 1 saturated heterocycles. The second-order valence-corrected chi connectivity index (χ2v) is 7.52. The summed E-state index contributed by atoms with van der Waals surface area (Å²) in [7, 11) is 0. The van der Waals surface area contributed by atoms with Crippen LogP contribution in [0.1, 0.15) is 30.4 Å². The van der Waals surface area contributed by atoms with Crippen LogP contribution in [0.4, 0.5) is 20.6 Å². The van der Waals surface area contributed by atoms with Gasteiger partial charge in [0.25, 0.3) is 0 Å². The Balaban J connectivity index is 1.81. The molecule has 1 aromatic carbocycles. The maximum Gasteiger partial charge on any atom is 0.329 e. The number of hydrogen-bond acceptors (Lipinski definition) is 3. The largest absolute Gasteiger partial charge is 0.329 e. The third kappa shape index (κ3) is 3.39. The lowest BCUT2D eigenvalue weighted by molar-refractivity contribution is 0.247. The Kier molecular flexibility index (Phi) is 5.02. The molecule has 1 atom stereocenters. The minimum Gasteiger partial charge on any atom is -0.315 e. The van der Waals surface area contributed by atoms with E-state index >= 15 is 0 Å². The molecule has 0 radical (unpaired) electrons. The van der Waals surface area contributed by atoms with Gasteiger partial charge in [-0.25, -0.2) is 14.2 Å². The van der Waals surface area contributed by atoms with Crippen molar-refractivity contribution in [3.63, 3.8) is 0 Å². The van der Waals surface area contributed by atoms with E-state index < -0.39 is 5.82 Å². The van der Waals surface area contributed by atoms with Gasteiger partial charge in [-0.05, 0) is 44.0 Å². The van der Waals surface area contributed by atoms with Crippen LogP contribution in [-0.4, -0.2) is 30.1 Å². The van der Waals surface area contributed by atoms with Crippen LogP contribution in [0, 0.1) is 12.7 Å². The predicted molar refractivity (Wildman–Crippen MR) is 105 cm³/mol. The average Bonchev–Trinajstić information content (AvgIpc) is 2.91. The van der Waals surface area contributed by atoms with E-state index in [-0.39, 0.29) is 18.6 Å². The summed E-state index contributed by atoms with van der Waals surface area (Å²) < 4.78 is 14.6. The monoisotopic (exact) mass is 388 g/mol. The van der Waals surface area contributed by atoms with Gasteiger partial charge in [0.15, 0.2) is 0 Å². The normalized spacial score (nSPS) is 20.4. The van der Waals surface area contributed by atoms with E-state index in [1.807, 2.05) is 13.0 Å². The van der Waals surface area contributed by atoms with Crippen LogP contribution in [0.3, 0.4) is 0 Å². The number of carbonyl (C=O) groups excluding carboxylic acids is 1. The zero-order valence-electron chi connectivity index (χ0n) is 15.2. The fourth-order valence-electron chi connectivity index (χ4n) is 3.98. The van der Waals surface area contributed by atoms with Crippen molar-refractivity contribution >= 4 is 29.0 Å². The first-order valence-electron chi connectivity index (χ1n) is 9.27. The number of urea groups is 1. The highest BCUT2D eigenvalue weighted by atomic mass is 35.5. The molecule has 0 aliphatic carbocycles. The summed E-state index contributed by atoms with van der Waals surface area (Å²) in [4.78, 5) is 21.0. The molecule has 3 heterocycles. The van der Waals surface area contributed by atoms with Crippen LogP contribution in [0.5, 0.6) is 0 Å². The minimum atomic E-state index is -0.396. The fourth-order valence-corrected chi connectivity index (χ4v) is 4.13. The smallest absolute Gasteiger partial charge is 0.315 e. The van der Waals surface area contributed by atoms with E-state index in [2.05, 4.69) is 10.3 Å². The third-order valence-electron chi connectivity index (χ3n) is 5.30. The quantitative estimate of drug-likeness (QED) is 0.781. The summed E-state index contributed by atoms with van der Waals surface area (Å²) in [6.45, 7) is 3.74. The van der Waals surface area contributed by atoms with E-state index in [1.165, 1.54) is 11.0 Å². The highest BCUT2D eigenvalue weighted by Gasteiger charge is 2.37. The predicted octanol–water partition coefficient (Wildman–Crippen LogP) is 4.27. The lowest BCUT2D eigenvalue weighted by atomic mass is 10.0. The van der Waals surface area contributed by atoms with Crippen molar-refractivity contribution in [1.29, 1.82) is 0 Å². The number of benzene rings is 1. The first-order chi connectivity index (χ1) is 13.1. The van der Waals surface area contributed by atoms with E-state index in [0.29, 0.717) is 17.4 Å². The lowest BCUT2D eigenvalue weighted by Gasteiger charge is -2.41. The summed E-state index contributed by atoms with van der Waals surface area (Å²) in [6.07, 6.45) is 4.69. The summed E-state index contributed by atoms with van der Waals surface area (Å²) in [5, 5.41) is 3.75. The van der Waals surface area contributed by atoms with Crippen molar-refractivity contribution in [3.8, 4) is 0 Å². The Morgan fingerprint density at radius 3 is 3.00 bits per heavy atom. The molecule has 1 N–H and O–H groups in total. The Morgan fingerprint density at radius 2 is 2.19 bits per heavy atom. The maximum atomic E-state index is 14.6. The molecule has 2 aliphatic heterocycles. The van der Waals surface area contributed by atoms with Crippen molar-refractivity contribution in [2.75, 3.05) is 22.9 Å². The minimum absolute atomic E-state index is 0.00732. The number of para-hydroxylation sites is 1. The van der Waals surface area contributed by atoms with Gasteiger partial charge in [0.05, 0.1) is 24.0 Å². The Bertz CT molecular complexity index is 847. The molecule has 4 rings (SSSR count). The molecule has 1 fully saturated rings. The highest BCUT2D eigenvalue weighted by molar-refractivity contribution is 6.29. The number of nitrogens with one attached hydrogen (secondary N) is 1. The number of fused-ring (bicyclic) bond motifs is 1. The topological polar surface area (TPSA) is 48.5 Å². The van der Waals surface area contributed by atoms with E-state index in [9.17, 15) is 9.18 Å². The lowest BCUT2D eigenvalue weighted by Crippen LogP contribution is -2.54. The Labute approximate surface area is 163 Å². The molecule has 142 valence electrons. The van der Waals surface area contributed by atoms with Gasteiger partial charge in [0.1, 0.15) is 11.0 Å². The molecule has 7 heteroatoms. The van der Waals surface area contributed by atoms with Gasteiger partial charge >= 0.3 is 6.03 Å². The summed E-state index contributed by atoms with van der Waals surface area (Å²) in [5.41, 5.74) is 2.70. The zero-order valence-corrected chi connectivity index (χ0v) is 16.0. The number of halogens is 2. The average molecular weight is 389 g/mol. The Hall–Kier alpha value is -2.18. The van der Waals surface area contributed by atoms with Gasteiger partial charge in [0, 0.05) is 18.3 Å². The SMILES string of the molecule is Cc1cccc(F)c1N1Cc2cnc(Cl)cc2N([C@H]2CCCCNC2)C1=O.